The van der Waals surface area contributed by atoms with Gasteiger partial charge >= 0.3 is 0 Å². The summed E-state index contributed by atoms with van der Waals surface area (Å²) in [5, 5.41) is 5.63. The Morgan fingerprint density at radius 1 is 1.00 bits per heavy atom. The zero-order valence-corrected chi connectivity index (χ0v) is 17.8. The first-order chi connectivity index (χ1) is 15.9. The molecule has 2 N–H and O–H groups in total. The molecule has 3 aromatic carbocycles. The zero-order valence-electron chi connectivity index (χ0n) is 17.8. The molecule has 1 atom stereocenters. The first kappa shape index (κ1) is 21.9. The van der Waals surface area contributed by atoms with Gasteiger partial charge in [0, 0.05) is 11.3 Å². The number of halogens is 1. The van der Waals surface area contributed by atoms with Gasteiger partial charge in [0.15, 0.2) is 0 Å². The van der Waals surface area contributed by atoms with Crippen molar-refractivity contribution in [3.63, 3.8) is 0 Å². The van der Waals surface area contributed by atoms with Gasteiger partial charge in [0.25, 0.3) is 11.5 Å². The van der Waals surface area contributed by atoms with Gasteiger partial charge in [-0.3, -0.25) is 19.0 Å². The first-order valence-electron chi connectivity index (χ1n) is 10.3. The minimum absolute atomic E-state index is 0.127. The minimum Gasteiger partial charge on any atom is -0.348 e. The van der Waals surface area contributed by atoms with Crippen LogP contribution in [0, 0.1) is 5.82 Å². The highest BCUT2D eigenvalue weighted by Crippen LogP contribution is 2.17. The molecule has 0 saturated carbocycles. The van der Waals surface area contributed by atoms with Crippen molar-refractivity contribution in [2.24, 2.45) is 0 Å². The number of aromatic nitrogens is 2. The predicted molar refractivity (Wildman–Crippen MR) is 123 cm³/mol. The number of carbonyl (C=O) groups excluding carboxylic acids is 2. The number of hydrogen-bond donors (Lipinski definition) is 2. The maximum absolute atomic E-state index is 13.0. The highest BCUT2D eigenvalue weighted by molar-refractivity contribution is 6.04. The number of nitrogens with zero attached hydrogens (tertiary/aromatic N) is 2. The molecular weight excluding hydrogens is 423 g/mol. The van der Waals surface area contributed by atoms with Gasteiger partial charge in [-0.25, -0.2) is 9.37 Å². The molecule has 0 radical (unpaired) electrons. The van der Waals surface area contributed by atoms with E-state index in [0.717, 1.165) is 5.56 Å². The van der Waals surface area contributed by atoms with E-state index in [4.69, 9.17) is 0 Å². The second-order valence-corrected chi connectivity index (χ2v) is 7.54. The van der Waals surface area contributed by atoms with E-state index in [1.165, 1.54) is 35.0 Å². The average Bonchev–Trinajstić information content (AvgIpc) is 2.81. The lowest BCUT2D eigenvalue weighted by molar-refractivity contribution is -0.122. The van der Waals surface area contributed by atoms with Crippen LogP contribution in [0.25, 0.3) is 11.0 Å². The predicted octanol–water partition coefficient (Wildman–Crippen LogP) is 3.67. The Labute approximate surface area is 188 Å². The molecule has 0 spiro atoms. The highest BCUT2D eigenvalue weighted by Gasteiger charge is 2.13. The molecule has 0 aliphatic rings. The molecule has 4 aromatic rings. The molecule has 8 heteroatoms. The number of nitrogens with one attached hydrogen (secondary N) is 2. The van der Waals surface area contributed by atoms with Crippen molar-refractivity contribution in [2.45, 2.75) is 19.5 Å². The largest absolute Gasteiger partial charge is 0.348 e. The Kier molecular flexibility index (Phi) is 6.26. The fraction of sp³-hybridized carbons (Fsp3) is 0.120. The van der Waals surface area contributed by atoms with Crippen molar-refractivity contribution < 1.29 is 14.0 Å². The number of benzene rings is 3. The number of amides is 2. The summed E-state index contributed by atoms with van der Waals surface area (Å²) >= 11 is 0. The molecule has 4 rings (SSSR count). The topological polar surface area (TPSA) is 93.1 Å². The molecule has 0 saturated heterocycles. The lowest BCUT2D eigenvalue weighted by atomic mass is 10.1. The highest BCUT2D eigenvalue weighted by atomic mass is 19.1. The van der Waals surface area contributed by atoms with Crippen molar-refractivity contribution in [3.8, 4) is 0 Å². The van der Waals surface area contributed by atoms with Crippen LogP contribution < -0.4 is 16.2 Å². The summed E-state index contributed by atoms with van der Waals surface area (Å²) in [5.74, 6) is -1.07. The van der Waals surface area contributed by atoms with Gasteiger partial charge in [-0.15, -0.1) is 0 Å². The average molecular weight is 444 g/mol. The molecule has 166 valence electrons. The van der Waals surface area contributed by atoms with E-state index in [-0.39, 0.29) is 30.0 Å². The second kappa shape index (κ2) is 9.44. The van der Waals surface area contributed by atoms with Crippen molar-refractivity contribution in [3.05, 3.63) is 106 Å². The van der Waals surface area contributed by atoms with Crippen LogP contribution in [-0.4, -0.2) is 21.4 Å². The summed E-state index contributed by atoms with van der Waals surface area (Å²) in [4.78, 5) is 41.2. The quantitative estimate of drug-likeness (QED) is 0.475. The van der Waals surface area contributed by atoms with E-state index in [2.05, 4.69) is 15.6 Å². The van der Waals surface area contributed by atoms with E-state index in [9.17, 15) is 18.8 Å². The van der Waals surface area contributed by atoms with Gasteiger partial charge in [-0.05, 0) is 61.0 Å². The van der Waals surface area contributed by atoms with Crippen molar-refractivity contribution in [1.29, 1.82) is 0 Å². The summed E-state index contributed by atoms with van der Waals surface area (Å²) in [6, 6.07) is 19.1. The van der Waals surface area contributed by atoms with Crippen LogP contribution in [0.1, 0.15) is 28.9 Å². The fourth-order valence-electron chi connectivity index (χ4n) is 3.45. The molecule has 1 aromatic heterocycles. The minimum atomic E-state index is -0.408. The number of rotatable bonds is 6. The van der Waals surface area contributed by atoms with Crippen LogP contribution in [0.15, 0.2) is 83.8 Å². The van der Waals surface area contributed by atoms with Gasteiger partial charge in [-0.1, -0.05) is 24.3 Å². The smallest absolute Gasteiger partial charge is 0.269 e. The molecule has 33 heavy (non-hydrogen) atoms. The number of anilines is 1. The summed E-state index contributed by atoms with van der Waals surface area (Å²) in [7, 11) is 0. The van der Waals surface area contributed by atoms with Gasteiger partial charge in [0.1, 0.15) is 12.4 Å². The SMILES string of the molecule is CC(NC(=O)Cn1c(=O)cnc2ccccc21)c1ccc(NC(=O)c2ccc(F)cc2)cc1. The van der Waals surface area contributed by atoms with E-state index in [0.29, 0.717) is 22.3 Å². The summed E-state index contributed by atoms with van der Waals surface area (Å²) in [6.07, 6.45) is 1.21. The Balaban J connectivity index is 1.40. The lowest BCUT2D eigenvalue weighted by Crippen LogP contribution is -2.34. The molecule has 0 fully saturated rings. The van der Waals surface area contributed by atoms with E-state index in [1.54, 1.807) is 42.5 Å². The Morgan fingerprint density at radius 2 is 1.70 bits per heavy atom. The van der Waals surface area contributed by atoms with Crippen LogP contribution in [0.3, 0.4) is 0 Å². The van der Waals surface area contributed by atoms with Gasteiger partial charge < -0.3 is 10.6 Å². The van der Waals surface area contributed by atoms with Gasteiger partial charge in [0.05, 0.1) is 23.3 Å². The second-order valence-electron chi connectivity index (χ2n) is 7.54. The van der Waals surface area contributed by atoms with Crippen LogP contribution in [0.5, 0.6) is 0 Å². The normalized spacial score (nSPS) is 11.7. The molecule has 0 aliphatic heterocycles. The Bertz CT molecular complexity index is 1370. The third kappa shape index (κ3) is 5.12. The van der Waals surface area contributed by atoms with Crippen LogP contribution >= 0.6 is 0 Å². The molecule has 2 amide bonds. The maximum atomic E-state index is 13.0. The third-order valence-corrected chi connectivity index (χ3v) is 5.21. The van der Waals surface area contributed by atoms with Crippen LogP contribution in [0.4, 0.5) is 10.1 Å². The van der Waals surface area contributed by atoms with Crippen molar-refractivity contribution in [2.75, 3.05) is 5.32 Å². The molecule has 0 bridgehead atoms. The van der Waals surface area contributed by atoms with E-state index in [1.807, 2.05) is 13.0 Å². The standard InChI is InChI=1S/C25H21FN4O3/c1-16(28-23(31)15-30-22-5-3-2-4-21(22)27-14-24(30)32)17-8-12-20(13-9-17)29-25(33)18-6-10-19(26)11-7-18/h2-14,16H,15H2,1H3,(H,28,31)(H,29,33). The summed E-state index contributed by atoms with van der Waals surface area (Å²) in [5.41, 5.74) is 2.62. The Hall–Kier alpha value is -4.33. The number of hydrogen-bond acceptors (Lipinski definition) is 4. The lowest BCUT2D eigenvalue weighted by Gasteiger charge is -2.16. The van der Waals surface area contributed by atoms with E-state index >= 15 is 0 Å². The summed E-state index contributed by atoms with van der Waals surface area (Å²) < 4.78 is 14.4. The monoisotopic (exact) mass is 444 g/mol. The number of fused-ring (bicyclic) bond motifs is 1. The zero-order chi connectivity index (χ0) is 23.4. The fourth-order valence-corrected chi connectivity index (χ4v) is 3.45. The molecule has 7 nitrogen and oxygen atoms in total. The van der Waals surface area contributed by atoms with Crippen molar-refractivity contribution >= 4 is 28.5 Å². The number of carbonyl (C=O) groups is 2. The van der Waals surface area contributed by atoms with Crippen LogP contribution in [0.2, 0.25) is 0 Å². The first-order valence-corrected chi connectivity index (χ1v) is 10.3. The van der Waals surface area contributed by atoms with Crippen molar-refractivity contribution in [1.82, 2.24) is 14.9 Å². The van der Waals surface area contributed by atoms with Gasteiger partial charge in [-0.2, -0.15) is 0 Å². The van der Waals surface area contributed by atoms with E-state index < -0.39 is 5.82 Å². The van der Waals surface area contributed by atoms with Crippen LogP contribution in [-0.2, 0) is 11.3 Å². The molecule has 0 aliphatic carbocycles. The Morgan fingerprint density at radius 3 is 2.42 bits per heavy atom. The third-order valence-electron chi connectivity index (χ3n) is 5.21. The maximum Gasteiger partial charge on any atom is 0.269 e. The van der Waals surface area contributed by atoms with Gasteiger partial charge in [0.2, 0.25) is 5.91 Å². The molecular formula is C25H21FN4O3. The molecule has 1 heterocycles. The number of para-hydroxylation sites is 2. The summed E-state index contributed by atoms with van der Waals surface area (Å²) in [6.45, 7) is 1.70. The molecule has 1 unspecified atom stereocenters.